The molecule has 2 aliphatic rings. The van der Waals surface area contributed by atoms with Gasteiger partial charge in [0.15, 0.2) is 5.78 Å². The number of benzene rings is 2. The van der Waals surface area contributed by atoms with Gasteiger partial charge in [-0.05, 0) is 17.7 Å². The molecule has 2 heterocycles. The Balaban J connectivity index is 1.37. The topological polar surface area (TPSA) is 50.6 Å². The Bertz CT molecular complexity index is 958. The molecule has 2 aromatic rings. The minimum Gasteiger partial charge on any atom is -0.337 e. The molecule has 148 valence electrons. The van der Waals surface area contributed by atoms with Crippen molar-refractivity contribution in [1.29, 1.82) is 5.26 Å². The highest BCUT2D eigenvalue weighted by molar-refractivity contribution is 8.03. The zero-order valence-electron chi connectivity index (χ0n) is 16.5. The van der Waals surface area contributed by atoms with Crippen LogP contribution in [0.5, 0.6) is 0 Å². The summed E-state index contributed by atoms with van der Waals surface area (Å²) in [5.74, 6) is -0.0915. The summed E-state index contributed by atoms with van der Waals surface area (Å²) in [6, 6.07) is 20.6. The van der Waals surface area contributed by atoms with Crippen molar-refractivity contribution in [3.63, 3.8) is 0 Å². The summed E-state index contributed by atoms with van der Waals surface area (Å²) < 4.78 is 0. The number of Topliss-reactive ketones (excluding diaryl/α,β-unsaturated/α-hetero) is 1. The first-order valence-corrected chi connectivity index (χ1v) is 10.6. The number of thioether (sulfide) groups is 1. The van der Waals surface area contributed by atoms with Crippen LogP contribution in [-0.4, -0.2) is 55.4 Å². The average Bonchev–Trinajstić information content (AvgIpc) is 3.07. The lowest BCUT2D eigenvalue weighted by Gasteiger charge is -2.34. The van der Waals surface area contributed by atoms with Crippen molar-refractivity contribution < 1.29 is 4.79 Å². The smallest absolute Gasteiger partial charge is 0.190 e. The van der Waals surface area contributed by atoms with E-state index in [1.54, 1.807) is 0 Å². The zero-order valence-corrected chi connectivity index (χ0v) is 17.4. The summed E-state index contributed by atoms with van der Waals surface area (Å²) in [6.07, 6.45) is 0. The molecule has 0 radical (unpaired) electrons. The van der Waals surface area contributed by atoms with Gasteiger partial charge in [0.25, 0.3) is 0 Å². The third kappa shape index (κ3) is 4.38. The van der Waals surface area contributed by atoms with Gasteiger partial charge in [-0.25, -0.2) is 0 Å². The molecule has 6 heteroatoms. The molecule has 0 spiro atoms. The van der Waals surface area contributed by atoms with E-state index in [-0.39, 0.29) is 11.4 Å². The molecule has 1 fully saturated rings. The molecule has 4 rings (SSSR count). The fourth-order valence-corrected chi connectivity index (χ4v) is 4.94. The molecule has 0 atom stereocenters. The van der Waals surface area contributed by atoms with Crippen molar-refractivity contribution in [3.05, 3.63) is 70.8 Å². The van der Waals surface area contributed by atoms with Crippen LogP contribution in [0.1, 0.15) is 5.56 Å². The van der Waals surface area contributed by atoms with Gasteiger partial charge in [-0.2, -0.15) is 5.26 Å². The summed E-state index contributed by atoms with van der Waals surface area (Å²) in [5.41, 5.74) is 2.62. The third-order valence-electron chi connectivity index (χ3n) is 5.42. The number of fused-ring (bicyclic) bond motifs is 1. The largest absolute Gasteiger partial charge is 0.337 e. The number of rotatable bonds is 5. The minimum atomic E-state index is -0.0915. The first-order valence-electron chi connectivity index (χ1n) is 9.82. The van der Waals surface area contributed by atoms with Crippen LogP contribution in [0.2, 0.25) is 0 Å². The second-order valence-electron chi connectivity index (χ2n) is 7.38. The number of hydrogen-bond donors (Lipinski definition) is 0. The standard InChI is InChI=1S/C23H24N4OS/c1-25-20-9-5-6-10-22(20)29-23(25)19(15-24)21(28)17-27-13-11-26(12-14-27)16-18-7-3-2-4-8-18/h2-10H,11-14,16-17H2,1H3/b23-19-. The molecular weight excluding hydrogens is 380 g/mol. The fourth-order valence-electron chi connectivity index (χ4n) is 3.78. The third-order valence-corrected chi connectivity index (χ3v) is 6.66. The van der Waals surface area contributed by atoms with E-state index >= 15 is 0 Å². The van der Waals surface area contributed by atoms with Crippen LogP contribution in [0.25, 0.3) is 0 Å². The second-order valence-corrected chi connectivity index (χ2v) is 8.41. The van der Waals surface area contributed by atoms with Crippen LogP contribution in [0.4, 0.5) is 5.69 Å². The number of anilines is 1. The number of nitrogens with zero attached hydrogens (tertiary/aromatic N) is 4. The Morgan fingerprint density at radius 1 is 1.00 bits per heavy atom. The second kappa shape index (κ2) is 8.83. The van der Waals surface area contributed by atoms with Gasteiger partial charge in [-0.1, -0.05) is 54.2 Å². The van der Waals surface area contributed by atoms with Gasteiger partial charge in [0.2, 0.25) is 0 Å². The maximum Gasteiger partial charge on any atom is 0.190 e. The van der Waals surface area contributed by atoms with Crippen LogP contribution in [0.3, 0.4) is 0 Å². The SMILES string of the molecule is CN1/C(=C(\C#N)C(=O)CN2CCN(Cc3ccccc3)CC2)Sc2ccccc21. The molecule has 0 amide bonds. The number of para-hydroxylation sites is 1. The predicted molar refractivity (Wildman–Crippen MR) is 117 cm³/mol. The number of piperazine rings is 1. The molecule has 2 aromatic carbocycles. The fraction of sp³-hybridized carbons (Fsp3) is 0.304. The molecule has 0 N–H and O–H groups in total. The summed E-state index contributed by atoms with van der Waals surface area (Å²) in [6.45, 7) is 4.79. The molecular formula is C23H24N4OS. The van der Waals surface area contributed by atoms with Gasteiger partial charge in [-0.15, -0.1) is 0 Å². The Labute approximate surface area is 176 Å². The number of ketones is 1. The first kappa shape index (κ1) is 19.7. The summed E-state index contributed by atoms with van der Waals surface area (Å²) in [5, 5.41) is 10.4. The zero-order chi connectivity index (χ0) is 20.2. The quantitative estimate of drug-likeness (QED) is 0.563. The maximum atomic E-state index is 12.9. The molecule has 0 bridgehead atoms. The van der Waals surface area contributed by atoms with Crippen molar-refractivity contribution in [2.75, 3.05) is 44.7 Å². The monoisotopic (exact) mass is 404 g/mol. The molecule has 29 heavy (non-hydrogen) atoms. The summed E-state index contributed by atoms with van der Waals surface area (Å²) >= 11 is 1.50. The number of hydrogen-bond acceptors (Lipinski definition) is 6. The Morgan fingerprint density at radius 2 is 1.66 bits per heavy atom. The molecule has 0 unspecified atom stereocenters. The highest BCUT2D eigenvalue weighted by atomic mass is 32.2. The highest BCUT2D eigenvalue weighted by Crippen LogP contribution is 2.46. The molecule has 0 aromatic heterocycles. The number of nitriles is 1. The van der Waals surface area contributed by atoms with Crippen LogP contribution in [0, 0.1) is 11.3 Å². The van der Waals surface area contributed by atoms with E-state index in [9.17, 15) is 10.1 Å². The van der Waals surface area contributed by atoms with Crippen LogP contribution < -0.4 is 4.90 Å². The predicted octanol–water partition coefficient (Wildman–Crippen LogP) is 3.35. The van der Waals surface area contributed by atoms with E-state index in [2.05, 4.69) is 40.1 Å². The first-order chi connectivity index (χ1) is 14.2. The van der Waals surface area contributed by atoms with Gasteiger partial charge in [-0.3, -0.25) is 14.6 Å². The van der Waals surface area contributed by atoms with E-state index in [1.807, 2.05) is 42.3 Å². The summed E-state index contributed by atoms with van der Waals surface area (Å²) in [7, 11) is 1.92. The average molecular weight is 405 g/mol. The molecule has 0 aliphatic carbocycles. The van der Waals surface area contributed by atoms with Gasteiger partial charge in [0.1, 0.15) is 16.7 Å². The molecule has 1 saturated heterocycles. The van der Waals surface area contributed by atoms with Crippen molar-refractivity contribution in [2.45, 2.75) is 11.4 Å². The lowest BCUT2D eigenvalue weighted by molar-refractivity contribution is -0.116. The van der Waals surface area contributed by atoms with Gasteiger partial charge in [0, 0.05) is 44.7 Å². The molecule has 2 aliphatic heterocycles. The Kier molecular flexibility index (Phi) is 6.00. The minimum absolute atomic E-state index is 0.0915. The van der Waals surface area contributed by atoms with Gasteiger partial charge in [0.05, 0.1) is 12.2 Å². The normalized spacial score (nSPS) is 19.0. The number of carbonyl (C=O) groups is 1. The van der Waals surface area contributed by atoms with Crippen molar-refractivity contribution in [3.8, 4) is 6.07 Å². The highest BCUT2D eigenvalue weighted by Gasteiger charge is 2.29. The van der Waals surface area contributed by atoms with Crippen molar-refractivity contribution in [1.82, 2.24) is 9.80 Å². The van der Waals surface area contributed by atoms with E-state index in [4.69, 9.17) is 0 Å². The maximum absolute atomic E-state index is 12.9. The molecule has 5 nitrogen and oxygen atoms in total. The Morgan fingerprint density at radius 3 is 2.34 bits per heavy atom. The lowest BCUT2D eigenvalue weighted by atomic mass is 10.1. The van der Waals surface area contributed by atoms with Crippen LogP contribution in [0.15, 0.2) is 70.1 Å². The van der Waals surface area contributed by atoms with Gasteiger partial charge >= 0.3 is 0 Å². The van der Waals surface area contributed by atoms with Crippen LogP contribution >= 0.6 is 11.8 Å². The lowest BCUT2D eigenvalue weighted by Crippen LogP contribution is -2.47. The van der Waals surface area contributed by atoms with E-state index in [0.717, 1.165) is 48.3 Å². The Hall–Kier alpha value is -2.59. The van der Waals surface area contributed by atoms with Crippen molar-refractivity contribution >= 4 is 23.2 Å². The van der Waals surface area contributed by atoms with Crippen molar-refractivity contribution in [2.24, 2.45) is 0 Å². The summed E-state index contributed by atoms with van der Waals surface area (Å²) in [4.78, 5) is 20.5. The van der Waals surface area contributed by atoms with Gasteiger partial charge < -0.3 is 4.90 Å². The van der Waals surface area contributed by atoms with Crippen LogP contribution in [-0.2, 0) is 11.3 Å². The van der Waals surface area contributed by atoms with E-state index in [0.29, 0.717) is 6.54 Å². The number of carbonyl (C=O) groups excluding carboxylic acids is 1. The van der Waals surface area contributed by atoms with E-state index in [1.165, 1.54) is 17.3 Å². The van der Waals surface area contributed by atoms with E-state index < -0.39 is 0 Å². The molecule has 0 saturated carbocycles.